The normalized spacial score (nSPS) is 20.1. The van der Waals surface area contributed by atoms with Crippen LogP contribution in [0.25, 0.3) is 0 Å². The molecule has 120 valence electrons. The van der Waals surface area contributed by atoms with Crippen LogP contribution in [0, 0.1) is 0 Å². The Hall–Kier alpha value is -2.11. The van der Waals surface area contributed by atoms with E-state index in [0.717, 1.165) is 0 Å². The van der Waals surface area contributed by atoms with Crippen molar-refractivity contribution in [2.24, 2.45) is 0 Å². The van der Waals surface area contributed by atoms with Crippen molar-refractivity contribution < 1.29 is 14.3 Å². The number of pyridine rings is 1. The molecule has 0 aromatic carbocycles. The lowest BCUT2D eigenvalue weighted by molar-refractivity contribution is -0.128. The fourth-order valence-electron chi connectivity index (χ4n) is 2.59. The molecule has 1 saturated heterocycles. The number of nitrogens with one attached hydrogen (secondary N) is 2. The van der Waals surface area contributed by atoms with E-state index < -0.39 is 5.54 Å². The van der Waals surface area contributed by atoms with Crippen molar-refractivity contribution in [1.29, 1.82) is 0 Å². The van der Waals surface area contributed by atoms with Crippen molar-refractivity contribution in [3.63, 3.8) is 0 Å². The Kier molecular flexibility index (Phi) is 5.00. The first-order valence-corrected chi connectivity index (χ1v) is 7.60. The summed E-state index contributed by atoms with van der Waals surface area (Å²) in [6.07, 6.45) is 1.28. The van der Waals surface area contributed by atoms with Crippen molar-refractivity contribution in [3.05, 3.63) is 23.9 Å². The van der Waals surface area contributed by atoms with E-state index in [-0.39, 0.29) is 24.3 Å². The van der Waals surface area contributed by atoms with E-state index in [2.05, 4.69) is 15.6 Å². The summed E-state index contributed by atoms with van der Waals surface area (Å²) in [6.45, 7) is 6.27. The average molecular weight is 305 g/mol. The molecule has 2 N–H and O–H groups in total. The van der Waals surface area contributed by atoms with Gasteiger partial charge in [0, 0.05) is 12.5 Å². The van der Waals surface area contributed by atoms with Crippen LogP contribution in [-0.4, -0.2) is 35.0 Å². The molecule has 1 aromatic rings. The predicted octanol–water partition coefficient (Wildman–Crippen LogP) is 1.20. The molecule has 1 aliphatic rings. The first-order chi connectivity index (χ1) is 10.4. The minimum absolute atomic E-state index is 0.0292. The first kappa shape index (κ1) is 16.3. The van der Waals surface area contributed by atoms with Gasteiger partial charge in [-0.05, 0) is 33.3 Å². The number of ether oxygens (including phenoxy) is 1. The van der Waals surface area contributed by atoms with E-state index in [4.69, 9.17) is 4.74 Å². The lowest BCUT2D eigenvalue weighted by Gasteiger charge is -2.39. The van der Waals surface area contributed by atoms with Crippen LogP contribution in [0.2, 0.25) is 0 Å². The molecule has 1 aliphatic heterocycles. The summed E-state index contributed by atoms with van der Waals surface area (Å²) in [5.74, 6) is 0.454. The van der Waals surface area contributed by atoms with Crippen LogP contribution in [0.3, 0.4) is 0 Å². The molecule has 2 amide bonds. The summed E-state index contributed by atoms with van der Waals surface area (Å²) in [4.78, 5) is 28.0. The topological polar surface area (TPSA) is 80.3 Å². The first-order valence-electron chi connectivity index (χ1n) is 7.60. The second kappa shape index (κ2) is 6.77. The molecule has 1 unspecified atom stereocenters. The maximum absolute atomic E-state index is 12.2. The van der Waals surface area contributed by atoms with Crippen molar-refractivity contribution in [3.8, 4) is 5.88 Å². The van der Waals surface area contributed by atoms with E-state index >= 15 is 0 Å². The molecular formula is C16H23N3O3. The van der Waals surface area contributed by atoms with E-state index in [0.29, 0.717) is 31.0 Å². The molecule has 6 heteroatoms. The van der Waals surface area contributed by atoms with Crippen LogP contribution < -0.4 is 15.4 Å². The van der Waals surface area contributed by atoms with Gasteiger partial charge in [0.15, 0.2) is 0 Å². The van der Waals surface area contributed by atoms with Gasteiger partial charge in [-0.15, -0.1) is 0 Å². The van der Waals surface area contributed by atoms with E-state index in [9.17, 15) is 9.59 Å². The van der Waals surface area contributed by atoms with Crippen LogP contribution in [0.5, 0.6) is 5.88 Å². The van der Waals surface area contributed by atoms with Crippen molar-refractivity contribution in [2.75, 3.05) is 6.61 Å². The second-order valence-electron chi connectivity index (χ2n) is 6.01. The highest BCUT2D eigenvalue weighted by molar-refractivity contribution is 5.81. The smallest absolute Gasteiger partial charge is 0.226 e. The minimum Gasteiger partial charge on any atom is -0.478 e. The quantitative estimate of drug-likeness (QED) is 0.856. The van der Waals surface area contributed by atoms with Gasteiger partial charge in [0.1, 0.15) is 0 Å². The Balaban J connectivity index is 1.95. The van der Waals surface area contributed by atoms with E-state index in [1.165, 1.54) is 0 Å². The molecule has 0 bridgehead atoms. The van der Waals surface area contributed by atoms with Gasteiger partial charge in [0.25, 0.3) is 0 Å². The summed E-state index contributed by atoms with van der Waals surface area (Å²) in [7, 11) is 0. The highest BCUT2D eigenvalue weighted by atomic mass is 16.5. The number of hydrogen-bond donors (Lipinski definition) is 2. The monoisotopic (exact) mass is 305 g/mol. The SMILES string of the molecule is CCOc1cccc(CC(=O)NC2CCC(=O)NC2(C)C)n1. The van der Waals surface area contributed by atoms with Gasteiger partial charge in [0.2, 0.25) is 17.7 Å². The number of piperidine rings is 1. The van der Waals surface area contributed by atoms with Gasteiger partial charge in [-0.1, -0.05) is 6.07 Å². The van der Waals surface area contributed by atoms with Crippen molar-refractivity contribution in [2.45, 2.75) is 51.6 Å². The highest BCUT2D eigenvalue weighted by Crippen LogP contribution is 2.19. The van der Waals surface area contributed by atoms with Gasteiger partial charge in [0.05, 0.1) is 30.3 Å². The van der Waals surface area contributed by atoms with Crippen LogP contribution in [-0.2, 0) is 16.0 Å². The van der Waals surface area contributed by atoms with Gasteiger partial charge in [-0.2, -0.15) is 0 Å². The molecule has 1 aromatic heterocycles. The maximum atomic E-state index is 12.2. The third kappa shape index (κ3) is 4.19. The minimum atomic E-state index is -0.439. The largest absolute Gasteiger partial charge is 0.478 e. The van der Waals surface area contributed by atoms with E-state index in [1.807, 2.05) is 26.8 Å². The van der Waals surface area contributed by atoms with Gasteiger partial charge in [-0.25, -0.2) is 4.98 Å². The molecule has 1 atom stereocenters. The van der Waals surface area contributed by atoms with Crippen LogP contribution in [0.1, 0.15) is 39.3 Å². The average Bonchev–Trinajstić information content (AvgIpc) is 2.42. The highest BCUT2D eigenvalue weighted by Gasteiger charge is 2.36. The third-order valence-corrected chi connectivity index (χ3v) is 3.74. The van der Waals surface area contributed by atoms with Gasteiger partial charge >= 0.3 is 0 Å². The van der Waals surface area contributed by atoms with Crippen molar-refractivity contribution >= 4 is 11.8 Å². The fraction of sp³-hybridized carbons (Fsp3) is 0.562. The van der Waals surface area contributed by atoms with Crippen LogP contribution in [0.4, 0.5) is 0 Å². The zero-order valence-electron chi connectivity index (χ0n) is 13.3. The second-order valence-corrected chi connectivity index (χ2v) is 6.01. The number of nitrogens with zero attached hydrogens (tertiary/aromatic N) is 1. The summed E-state index contributed by atoms with van der Waals surface area (Å²) in [5, 5.41) is 5.91. The summed E-state index contributed by atoms with van der Waals surface area (Å²) < 4.78 is 5.33. The number of rotatable bonds is 5. The molecule has 0 aliphatic carbocycles. The molecule has 6 nitrogen and oxygen atoms in total. The predicted molar refractivity (Wildman–Crippen MR) is 82.5 cm³/mol. The number of amides is 2. The zero-order chi connectivity index (χ0) is 16.2. The Morgan fingerprint density at radius 3 is 2.95 bits per heavy atom. The molecule has 22 heavy (non-hydrogen) atoms. The van der Waals surface area contributed by atoms with Gasteiger partial charge in [-0.3, -0.25) is 9.59 Å². The Morgan fingerprint density at radius 2 is 2.27 bits per heavy atom. The zero-order valence-corrected chi connectivity index (χ0v) is 13.3. The summed E-state index contributed by atoms with van der Waals surface area (Å²) in [5.41, 5.74) is 0.229. The molecule has 0 saturated carbocycles. The van der Waals surface area contributed by atoms with Crippen LogP contribution >= 0.6 is 0 Å². The molecule has 1 fully saturated rings. The number of hydrogen-bond acceptors (Lipinski definition) is 4. The van der Waals surface area contributed by atoms with Crippen LogP contribution in [0.15, 0.2) is 18.2 Å². The molecule has 0 radical (unpaired) electrons. The molecule has 0 spiro atoms. The fourth-order valence-corrected chi connectivity index (χ4v) is 2.59. The van der Waals surface area contributed by atoms with E-state index in [1.54, 1.807) is 12.1 Å². The molecule has 2 heterocycles. The Labute approximate surface area is 130 Å². The molecular weight excluding hydrogens is 282 g/mol. The lowest BCUT2D eigenvalue weighted by atomic mass is 9.87. The lowest BCUT2D eigenvalue weighted by Crippen LogP contribution is -2.62. The number of carbonyl (C=O) groups excluding carboxylic acids is 2. The number of aromatic nitrogens is 1. The molecule has 2 rings (SSSR count). The van der Waals surface area contributed by atoms with Crippen molar-refractivity contribution in [1.82, 2.24) is 15.6 Å². The Bertz CT molecular complexity index is 557. The third-order valence-electron chi connectivity index (χ3n) is 3.74. The summed E-state index contributed by atoms with van der Waals surface area (Å²) >= 11 is 0. The van der Waals surface area contributed by atoms with Gasteiger partial charge < -0.3 is 15.4 Å². The maximum Gasteiger partial charge on any atom is 0.226 e. The number of carbonyl (C=O) groups is 2. The summed E-state index contributed by atoms with van der Waals surface area (Å²) in [6, 6.07) is 5.32. The Morgan fingerprint density at radius 1 is 1.50 bits per heavy atom. The standard InChI is InChI=1S/C16H23N3O3/c1-4-22-15-7-5-6-11(17-15)10-14(21)18-12-8-9-13(20)19-16(12,2)3/h5-7,12H,4,8-10H2,1-3H3,(H,18,21)(H,19,20).